The van der Waals surface area contributed by atoms with E-state index in [0.717, 1.165) is 101 Å². The van der Waals surface area contributed by atoms with Crippen LogP contribution in [-0.2, 0) is 5.41 Å². The molecule has 0 fully saturated rings. The maximum atomic E-state index is 7.12. The first-order valence-electron chi connectivity index (χ1n) is 21.2. The summed E-state index contributed by atoms with van der Waals surface area (Å²) < 4.78 is 16.5. The van der Waals surface area contributed by atoms with E-state index in [1.54, 1.807) is 0 Å². The van der Waals surface area contributed by atoms with Crippen LogP contribution in [0.1, 0.15) is 22.3 Å². The van der Waals surface area contributed by atoms with E-state index in [2.05, 4.69) is 167 Å². The normalized spacial score (nSPS) is 15.3. The minimum Gasteiger partial charge on any atom is -0.453 e. The summed E-state index contributed by atoms with van der Waals surface area (Å²) in [5.41, 5.74) is 13.9. The third-order valence-corrected chi connectivity index (χ3v) is 13.1. The van der Waals surface area contributed by atoms with Crippen LogP contribution in [0.4, 0.5) is 17.1 Å². The first-order valence-corrected chi connectivity index (χ1v) is 21.2. The van der Waals surface area contributed by atoms with E-state index in [9.17, 15) is 0 Å². The van der Waals surface area contributed by atoms with Crippen LogP contribution in [0, 0.1) is 0 Å². The van der Waals surface area contributed by atoms with E-state index in [4.69, 9.17) is 24.4 Å². The van der Waals surface area contributed by atoms with E-state index in [-0.39, 0.29) is 0 Å². The van der Waals surface area contributed by atoms with Crippen molar-refractivity contribution in [3.63, 3.8) is 0 Å². The molecule has 1 spiro atoms. The second-order valence-electron chi connectivity index (χ2n) is 16.3. The predicted octanol–water partition coefficient (Wildman–Crippen LogP) is 13.8. The number of ether oxygens (including phenoxy) is 2. The summed E-state index contributed by atoms with van der Waals surface area (Å²) in [4.78, 5) is 17.6. The fourth-order valence-electron chi connectivity index (χ4n) is 10.6. The van der Waals surface area contributed by atoms with E-state index >= 15 is 0 Å². The Hall–Kier alpha value is -8.55. The number of hydrogen-bond donors (Lipinski definition) is 0. The molecule has 0 saturated heterocycles. The van der Waals surface area contributed by atoms with Gasteiger partial charge in [0.05, 0.1) is 50.4 Å². The summed E-state index contributed by atoms with van der Waals surface area (Å²) >= 11 is 0. The van der Waals surface area contributed by atoms with Crippen LogP contribution in [0.25, 0.3) is 61.0 Å². The van der Waals surface area contributed by atoms with Gasteiger partial charge in [-0.2, -0.15) is 0 Å². The van der Waals surface area contributed by atoms with Crippen LogP contribution in [0.3, 0.4) is 0 Å². The molecule has 3 aliphatic rings. The highest BCUT2D eigenvalue weighted by Crippen LogP contribution is 2.66. The van der Waals surface area contributed by atoms with Gasteiger partial charge in [0, 0.05) is 56.6 Å². The molecular weight excluding hydrogens is 775 g/mol. The van der Waals surface area contributed by atoms with Crippen LogP contribution in [-0.4, -0.2) is 19.5 Å². The Labute approximate surface area is 361 Å². The van der Waals surface area contributed by atoms with Crippen molar-refractivity contribution >= 4 is 49.8 Å². The fourth-order valence-corrected chi connectivity index (χ4v) is 10.6. The van der Waals surface area contributed by atoms with Gasteiger partial charge in [-0.1, -0.05) is 115 Å². The monoisotopic (exact) mass is 807 g/mol. The Morgan fingerprint density at radius 2 is 1.17 bits per heavy atom. The Morgan fingerprint density at radius 1 is 0.444 bits per heavy atom. The average molecular weight is 808 g/mol. The van der Waals surface area contributed by atoms with Gasteiger partial charge in [0.15, 0.2) is 17.2 Å². The van der Waals surface area contributed by atoms with Crippen LogP contribution in [0.15, 0.2) is 200 Å². The molecule has 0 N–H and O–H groups in total. The zero-order chi connectivity index (χ0) is 41.2. The number of rotatable bonds is 3. The van der Waals surface area contributed by atoms with Crippen molar-refractivity contribution in [2.75, 3.05) is 4.90 Å². The topological polar surface area (TPSA) is 65.3 Å². The molecule has 1 aliphatic carbocycles. The predicted molar refractivity (Wildman–Crippen MR) is 249 cm³/mol. The van der Waals surface area contributed by atoms with Gasteiger partial charge in [-0.15, -0.1) is 0 Å². The second-order valence-corrected chi connectivity index (χ2v) is 16.3. The third-order valence-electron chi connectivity index (χ3n) is 13.1. The van der Waals surface area contributed by atoms with E-state index < -0.39 is 5.41 Å². The molecule has 0 radical (unpaired) electrons. The molecule has 294 valence electrons. The molecule has 0 saturated carbocycles. The van der Waals surface area contributed by atoms with E-state index in [1.165, 1.54) is 10.8 Å². The standard InChI is InChI=1S/C56H33N5O2/c1-2-15-35(16-3-1)60-45-21-6-4-17-37(45)38-26-25-36(33-48(38)60)61-46-22-7-9-24-50(46)63-55-47(61)30-28-43-54(55)62-49-23-8-5-19-40(49)56(43)41-20-12-32-58-52(41)53-42(56)27-29-44(59-53)39-18-10-13-34-14-11-31-57-51(34)39/h1-33H. The Balaban J connectivity index is 1.01. The number of pyridine rings is 3. The minimum absolute atomic E-state index is 0.647. The van der Waals surface area contributed by atoms with Crippen molar-refractivity contribution in [3.05, 3.63) is 223 Å². The summed E-state index contributed by atoms with van der Waals surface area (Å²) in [6, 6.07) is 65.9. The van der Waals surface area contributed by atoms with Gasteiger partial charge in [0.1, 0.15) is 5.75 Å². The first-order chi connectivity index (χ1) is 31.3. The number of para-hydroxylation sites is 6. The maximum Gasteiger partial charge on any atom is 0.194 e. The number of fused-ring (bicyclic) bond motifs is 16. The summed E-state index contributed by atoms with van der Waals surface area (Å²) in [7, 11) is 0. The van der Waals surface area contributed by atoms with Crippen LogP contribution in [0.5, 0.6) is 23.0 Å². The molecule has 63 heavy (non-hydrogen) atoms. The lowest BCUT2D eigenvalue weighted by atomic mass is 9.66. The smallest absolute Gasteiger partial charge is 0.194 e. The van der Waals surface area contributed by atoms with Crippen LogP contribution < -0.4 is 14.4 Å². The summed E-state index contributed by atoms with van der Waals surface area (Å²) in [6.45, 7) is 0. The van der Waals surface area contributed by atoms with Gasteiger partial charge in [-0.3, -0.25) is 9.97 Å². The number of benzene rings is 7. The van der Waals surface area contributed by atoms with Crippen molar-refractivity contribution in [3.8, 4) is 51.3 Å². The number of anilines is 3. The highest BCUT2D eigenvalue weighted by molar-refractivity contribution is 6.10. The van der Waals surface area contributed by atoms with Crippen molar-refractivity contribution in [1.82, 2.24) is 19.5 Å². The van der Waals surface area contributed by atoms with Gasteiger partial charge in [-0.25, -0.2) is 4.98 Å². The molecule has 1 atom stereocenters. The van der Waals surface area contributed by atoms with Gasteiger partial charge in [-0.05, 0) is 83.9 Å². The molecule has 6 heterocycles. The van der Waals surface area contributed by atoms with Crippen molar-refractivity contribution in [2.24, 2.45) is 0 Å². The molecule has 7 nitrogen and oxygen atoms in total. The minimum atomic E-state index is -0.804. The van der Waals surface area contributed by atoms with Gasteiger partial charge >= 0.3 is 0 Å². The SMILES string of the molecule is c1ccc(-n2c3ccccc3c3ccc(N4c5ccccc5Oc5c4ccc4c5Oc5ccccc5C45c4cccnc4-c4nc(-c6cccc7cccnc67)ccc45)cc32)cc1. The molecule has 2 aliphatic heterocycles. The first kappa shape index (κ1) is 34.2. The second kappa shape index (κ2) is 12.7. The quantitative estimate of drug-likeness (QED) is 0.177. The fraction of sp³-hybridized carbons (Fsp3) is 0.0179. The zero-order valence-corrected chi connectivity index (χ0v) is 33.6. The zero-order valence-electron chi connectivity index (χ0n) is 33.6. The van der Waals surface area contributed by atoms with E-state index in [0.29, 0.717) is 11.5 Å². The molecule has 7 aromatic carbocycles. The number of nitrogens with zero attached hydrogens (tertiary/aromatic N) is 5. The van der Waals surface area contributed by atoms with Crippen molar-refractivity contribution < 1.29 is 9.47 Å². The molecule has 14 rings (SSSR count). The van der Waals surface area contributed by atoms with Crippen LogP contribution >= 0.6 is 0 Å². The molecule has 4 aromatic heterocycles. The highest BCUT2D eigenvalue weighted by atomic mass is 16.5. The van der Waals surface area contributed by atoms with Gasteiger partial charge < -0.3 is 18.9 Å². The summed E-state index contributed by atoms with van der Waals surface area (Å²) in [5.74, 6) is 2.80. The maximum absolute atomic E-state index is 7.12. The molecule has 11 aromatic rings. The lowest BCUT2D eigenvalue weighted by Crippen LogP contribution is -2.33. The van der Waals surface area contributed by atoms with E-state index in [1.807, 2.05) is 42.7 Å². The summed E-state index contributed by atoms with van der Waals surface area (Å²) in [5, 5.41) is 3.46. The third kappa shape index (κ3) is 4.60. The van der Waals surface area contributed by atoms with Crippen molar-refractivity contribution in [2.45, 2.75) is 5.41 Å². The molecule has 7 heteroatoms. The molecule has 1 unspecified atom stereocenters. The van der Waals surface area contributed by atoms with Crippen LogP contribution in [0.2, 0.25) is 0 Å². The molecule has 0 amide bonds. The van der Waals surface area contributed by atoms with Gasteiger partial charge in [0.2, 0.25) is 0 Å². The average Bonchev–Trinajstić information content (AvgIpc) is 3.83. The Morgan fingerprint density at radius 3 is 2.13 bits per heavy atom. The van der Waals surface area contributed by atoms with Gasteiger partial charge in [0.25, 0.3) is 0 Å². The Bertz CT molecular complexity index is 3720. The number of hydrogen-bond acceptors (Lipinski definition) is 6. The molecule has 0 bridgehead atoms. The summed E-state index contributed by atoms with van der Waals surface area (Å²) in [6.07, 6.45) is 3.70. The highest BCUT2D eigenvalue weighted by Gasteiger charge is 2.54. The van der Waals surface area contributed by atoms with Crippen molar-refractivity contribution in [1.29, 1.82) is 0 Å². The lowest BCUT2D eigenvalue weighted by molar-refractivity contribution is 0.391. The lowest BCUT2D eigenvalue weighted by Gasteiger charge is -2.41. The largest absolute Gasteiger partial charge is 0.453 e. The number of aromatic nitrogens is 4. The molecular formula is C56H33N5O2. The Kier molecular flexibility index (Phi) is 6.91.